The Hall–Kier alpha value is -0.900. The molecule has 1 aromatic rings. The van der Waals surface area contributed by atoms with Crippen molar-refractivity contribution in [2.24, 2.45) is 5.73 Å². The molecule has 1 aromatic heterocycles. The largest absolute Gasteiger partial charge is 0.392 e. The van der Waals surface area contributed by atoms with Gasteiger partial charge in [-0.1, -0.05) is 26.1 Å². The standard InChI is InChI=1S/C10H17N3S/c1-3-5-9-12-6-7-13(9)8(4-2)10(11)14/h6-8H,3-5H2,1-2H3,(H2,11,14). The van der Waals surface area contributed by atoms with Gasteiger partial charge in [0.15, 0.2) is 0 Å². The van der Waals surface area contributed by atoms with Gasteiger partial charge in [0.1, 0.15) is 5.82 Å². The Labute approximate surface area is 90.3 Å². The molecule has 0 aliphatic heterocycles. The second kappa shape index (κ2) is 5.10. The predicted octanol–water partition coefficient (Wildman–Crippen LogP) is 2.07. The molecule has 0 amide bonds. The molecular weight excluding hydrogens is 194 g/mol. The lowest BCUT2D eigenvalue weighted by Gasteiger charge is -2.17. The maximum Gasteiger partial charge on any atom is 0.109 e. The van der Waals surface area contributed by atoms with Crippen LogP contribution < -0.4 is 5.73 Å². The number of rotatable bonds is 5. The van der Waals surface area contributed by atoms with E-state index in [0.717, 1.165) is 25.1 Å². The van der Waals surface area contributed by atoms with Crippen molar-refractivity contribution >= 4 is 17.2 Å². The van der Waals surface area contributed by atoms with Crippen LogP contribution in [-0.4, -0.2) is 14.5 Å². The van der Waals surface area contributed by atoms with Crippen LogP contribution in [0.4, 0.5) is 0 Å². The second-order valence-corrected chi connectivity index (χ2v) is 3.80. The van der Waals surface area contributed by atoms with Crippen molar-refractivity contribution in [3.05, 3.63) is 18.2 Å². The third kappa shape index (κ3) is 2.32. The highest BCUT2D eigenvalue weighted by atomic mass is 32.1. The van der Waals surface area contributed by atoms with E-state index in [9.17, 15) is 0 Å². The van der Waals surface area contributed by atoms with Gasteiger partial charge in [0, 0.05) is 18.8 Å². The Kier molecular flexibility index (Phi) is 4.07. The summed E-state index contributed by atoms with van der Waals surface area (Å²) in [5.74, 6) is 1.08. The molecule has 4 heteroatoms. The SMILES string of the molecule is CCCc1nccn1C(CC)C(N)=S. The number of nitrogens with two attached hydrogens (primary N) is 1. The average Bonchev–Trinajstić information content (AvgIpc) is 2.55. The van der Waals surface area contributed by atoms with Crippen molar-refractivity contribution in [2.45, 2.75) is 39.2 Å². The third-order valence-corrected chi connectivity index (χ3v) is 2.55. The van der Waals surface area contributed by atoms with Crippen LogP contribution >= 0.6 is 12.2 Å². The van der Waals surface area contributed by atoms with E-state index < -0.39 is 0 Å². The van der Waals surface area contributed by atoms with Crippen LogP contribution in [0.5, 0.6) is 0 Å². The van der Waals surface area contributed by atoms with E-state index in [4.69, 9.17) is 18.0 Å². The van der Waals surface area contributed by atoms with Gasteiger partial charge in [0.25, 0.3) is 0 Å². The second-order valence-electron chi connectivity index (χ2n) is 3.33. The van der Waals surface area contributed by atoms with Gasteiger partial charge in [-0.25, -0.2) is 4.98 Å². The monoisotopic (exact) mass is 211 g/mol. The van der Waals surface area contributed by atoms with E-state index in [2.05, 4.69) is 23.4 Å². The first-order chi connectivity index (χ1) is 6.70. The summed E-state index contributed by atoms with van der Waals surface area (Å²) in [5.41, 5.74) is 5.69. The Morgan fingerprint density at radius 2 is 2.36 bits per heavy atom. The van der Waals surface area contributed by atoms with Gasteiger partial charge in [-0.2, -0.15) is 0 Å². The summed E-state index contributed by atoms with van der Waals surface area (Å²) in [4.78, 5) is 4.85. The van der Waals surface area contributed by atoms with Crippen molar-refractivity contribution in [1.82, 2.24) is 9.55 Å². The van der Waals surface area contributed by atoms with Crippen molar-refractivity contribution in [3.8, 4) is 0 Å². The van der Waals surface area contributed by atoms with Crippen LogP contribution in [0.15, 0.2) is 12.4 Å². The van der Waals surface area contributed by atoms with E-state index in [1.807, 2.05) is 12.4 Å². The topological polar surface area (TPSA) is 43.8 Å². The first-order valence-electron chi connectivity index (χ1n) is 5.01. The van der Waals surface area contributed by atoms with Gasteiger partial charge in [-0.15, -0.1) is 0 Å². The summed E-state index contributed by atoms with van der Waals surface area (Å²) < 4.78 is 2.09. The predicted molar refractivity (Wildman–Crippen MR) is 62.3 cm³/mol. The Morgan fingerprint density at radius 3 is 2.86 bits per heavy atom. The fraction of sp³-hybridized carbons (Fsp3) is 0.600. The molecule has 1 heterocycles. The Balaban J connectivity index is 2.91. The van der Waals surface area contributed by atoms with Gasteiger partial charge < -0.3 is 10.3 Å². The number of thiocarbonyl (C=S) groups is 1. The minimum absolute atomic E-state index is 0.119. The Morgan fingerprint density at radius 1 is 1.64 bits per heavy atom. The first kappa shape index (κ1) is 11.2. The molecule has 3 nitrogen and oxygen atoms in total. The summed E-state index contributed by atoms with van der Waals surface area (Å²) in [6.45, 7) is 4.22. The number of aryl methyl sites for hydroxylation is 1. The molecule has 0 bridgehead atoms. The number of imidazole rings is 1. The molecule has 0 fully saturated rings. The molecule has 0 saturated heterocycles. The number of hydrogen-bond acceptors (Lipinski definition) is 2. The molecule has 14 heavy (non-hydrogen) atoms. The zero-order valence-corrected chi connectivity index (χ0v) is 9.55. The molecule has 0 aliphatic carbocycles. The average molecular weight is 211 g/mol. The third-order valence-electron chi connectivity index (χ3n) is 2.27. The highest BCUT2D eigenvalue weighted by Crippen LogP contribution is 2.15. The number of aromatic nitrogens is 2. The van der Waals surface area contributed by atoms with Crippen molar-refractivity contribution < 1.29 is 0 Å². The van der Waals surface area contributed by atoms with Crippen LogP contribution in [0, 0.1) is 0 Å². The van der Waals surface area contributed by atoms with Gasteiger partial charge in [-0.3, -0.25) is 0 Å². The molecule has 0 aliphatic rings. The van der Waals surface area contributed by atoms with Crippen LogP contribution in [-0.2, 0) is 6.42 Å². The molecule has 1 rings (SSSR count). The van der Waals surface area contributed by atoms with E-state index in [-0.39, 0.29) is 6.04 Å². The summed E-state index contributed by atoms with van der Waals surface area (Å²) in [5, 5.41) is 0. The quantitative estimate of drug-likeness (QED) is 0.758. The summed E-state index contributed by atoms with van der Waals surface area (Å²) >= 11 is 5.04. The van der Waals surface area contributed by atoms with Crippen LogP contribution in [0.25, 0.3) is 0 Å². The summed E-state index contributed by atoms with van der Waals surface area (Å²) in [6, 6.07) is 0.119. The van der Waals surface area contributed by atoms with Gasteiger partial charge >= 0.3 is 0 Å². The van der Waals surface area contributed by atoms with Crippen LogP contribution in [0.2, 0.25) is 0 Å². The molecule has 0 spiro atoms. The summed E-state index contributed by atoms with van der Waals surface area (Å²) in [7, 11) is 0. The first-order valence-corrected chi connectivity index (χ1v) is 5.42. The number of hydrogen-bond donors (Lipinski definition) is 1. The van der Waals surface area contributed by atoms with Gasteiger partial charge in [0.05, 0.1) is 11.0 Å². The molecule has 0 aromatic carbocycles. The van der Waals surface area contributed by atoms with Gasteiger partial charge in [0.2, 0.25) is 0 Å². The lowest BCUT2D eigenvalue weighted by molar-refractivity contribution is 0.583. The lowest BCUT2D eigenvalue weighted by Crippen LogP contribution is -2.25. The van der Waals surface area contributed by atoms with E-state index in [1.54, 1.807) is 0 Å². The molecular formula is C10H17N3S. The molecule has 1 atom stereocenters. The lowest BCUT2D eigenvalue weighted by atomic mass is 10.2. The van der Waals surface area contributed by atoms with Crippen LogP contribution in [0.3, 0.4) is 0 Å². The minimum Gasteiger partial charge on any atom is -0.392 e. The molecule has 0 saturated carbocycles. The molecule has 1 unspecified atom stereocenters. The normalized spacial score (nSPS) is 12.7. The molecule has 78 valence electrons. The molecule has 2 N–H and O–H groups in total. The van der Waals surface area contributed by atoms with E-state index in [0.29, 0.717) is 4.99 Å². The van der Waals surface area contributed by atoms with Crippen LogP contribution in [0.1, 0.15) is 38.6 Å². The maximum absolute atomic E-state index is 5.69. The fourth-order valence-electron chi connectivity index (χ4n) is 1.58. The number of nitrogens with zero attached hydrogens (tertiary/aromatic N) is 2. The van der Waals surface area contributed by atoms with Crippen molar-refractivity contribution in [2.75, 3.05) is 0 Å². The van der Waals surface area contributed by atoms with Gasteiger partial charge in [-0.05, 0) is 12.8 Å². The zero-order valence-electron chi connectivity index (χ0n) is 8.73. The fourth-order valence-corrected chi connectivity index (χ4v) is 1.86. The zero-order chi connectivity index (χ0) is 10.6. The molecule has 0 radical (unpaired) electrons. The minimum atomic E-state index is 0.119. The Bertz CT molecular complexity index is 306. The van der Waals surface area contributed by atoms with Crippen molar-refractivity contribution in [3.63, 3.8) is 0 Å². The van der Waals surface area contributed by atoms with E-state index >= 15 is 0 Å². The maximum atomic E-state index is 5.69. The highest BCUT2D eigenvalue weighted by Gasteiger charge is 2.14. The van der Waals surface area contributed by atoms with E-state index in [1.165, 1.54) is 0 Å². The summed E-state index contributed by atoms with van der Waals surface area (Å²) in [6.07, 6.45) is 6.75. The smallest absolute Gasteiger partial charge is 0.109 e. The van der Waals surface area contributed by atoms with Crippen molar-refractivity contribution in [1.29, 1.82) is 0 Å². The highest BCUT2D eigenvalue weighted by molar-refractivity contribution is 7.80.